The van der Waals surface area contributed by atoms with Crippen molar-refractivity contribution in [3.8, 4) is 5.75 Å². The maximum Gasteiger partial charge on any atom is 0.257 e. The number of ether oxygens (including phenoxy) is 1. The summed E-state index contributed by atoms with van der Waals surface area (Å²) in [7, 11) is 1.60. The van der Waals surface area contributed by atoms with Gasteiger partial charge < -0.3 is 15.0 Å². The summed E-state index contributed by atoms with van der Waals surface area (Å²) in [6.45, 7) is 4.59. The highest BCUT2D eigenvalue weighted by atomic mass is 16.5. The smallest absolute Gasteiger partial charge is 0.257 e. The van der Waals surface area contributed by atoms with Gasteiger partial charge in [-0.15, -0.1) is 0 Å². The van der Waals surface area contributed by atoms with Gasteiger partial charge in [-0.05, 0) is 73.4 Å². The monoisotopic (exact) mass is 440 g/mol. The third-order valence-electron chi connectivity index (χ3n) is 5.56. The molecule has 33 heavy (non-hydrogen) atoms. The molecular formula is C27H28N4O2. The van der Waals surface area contributed by atoms with Crippen LogP contribution >= 0.6 is 0 Å². The van der Waals surface area contributed by atoms with Crippen molar-refractivity contribution < 1.29 is 9.53 Å². The van der Waals surface area contributed by atoms with Crippen LogP contribution in [0.1, 0.15) is 27.0 Å². The number of carbonyl (C=O) groups excluding carboxylic acids is 1. The van der Waals surface area contributed by atoms with E-state index in [1.165, 1.54) is 10.9 Å². The average molecular weight is 441 g/mol. The van der Waals surface area contributed by atoms with Gasteiger partial charge in [-0.25, -0.2) is 0 Å². The number of rotatable bonds is 6. The maximum absolute atomic E-state index is 12.9. The Balaban J connectivity index is 1.54. The summed E-state index contributed by atoms with van der Waals surface area (Å²) >= 11 is 0. The number of hydrogen-bond donors (Lipinski definition) is 3. The van der Waals surface area contributed by atoms with Crippen LogP contribution in [0.25, 0.3) is 10.9 Å². The Kier molecular flexibility index (Phi) is 6.74. The van der Waals surface area contributed by atoms with Crippen molar-refractivity contribution in [1.29, 1.82) is 0 Å². The molecule has 6 nitrogen and oxygen atoms in total. The number of methoxy groups -OCH3 is 1. The van der Waals surface area contributed by atoms with E-state index in [1.54, 1.807) is 31.4 Å². The number of aromatic nitrogens is 1. The Bertz CT molecular complexity index is 1290. The second-order valence-corrected chi connectivity index (χ2v) is 7.97. The van der Waals surface area contributed by atoms with Gasteiger partial charge in [0, 0.05) is 34.9 Å². The fraction of sp³-hybridized carbons (Fsp3) is 0.185. The molecule has 4 rings (SSSR count). The zero-order valence-electron chi connectivity index (χ0n) is 19.1. The summed E-state index contributed by atoms with van der Waals surface area (Å²) in [4.78, 5) is 20.9. The van der Waals surface area contributed by atoms with Crippen molar-refractivity contribution in [2.45, 2.75) is 20.3 Å². The minimum atomic E-state index is -0.235. The molecule has 168 valence electrons. The number of nitrogens with one attached hydrogen (secondary N) is 3. The predicted octanol–water partition coefficient (Wildman–Crippen LogP) is 5.23. The van der Waals surface area contributed by atoms with Gasteiger partial charge in [0.15, 0.2) is 0 Å². The normalized spacial score (nSPS) is 11.4. The van der Waals surface area contributed by atoms with Crippen LogP contribution in [0.2, 0.25) is 0 Å². The van der Waals surface area contributed by atoms with E-state index in [0.717, 1.165) is 28.8 Å². The van der Waals surface area contributed by atoms with Gasteiger partial charge in [0.05, 0.1) is 7.11 Å². The Morgan fingerprint density at radius 3 is 2.61 bits per heavy atom. The fourth-order valence-electron chi connectivity index (χ4n) is 3.66. The first-order valence-electron chi connectivity index (χ1n) is 10.9. The van der Waals surface area contributed by atoms with Crippen LogP contribution < -0.4 is 15.4 Å². The lowest BCUT2D eigenvalue weighted by atomic mass is 10.1. The molecular weight excluding hydrogens is 412 g/mol. The molecule has 0 radical (unpaired) electrons. The Morgan fingerprint density at radius 1 is 1.03 bits per heavy atom. The molecule has 1 amide bonds. The summed E-state index contributed by atoms with van der Waals surface area (Å²) in [6.07, 6.45) is 2.77. The van der Waals surface area contributed by atoms with Gasteiger partial charge in [0.2, 0.25) is 5.96 Å². The van der Waals surface area contributed by atoms with Crippen LogP contribution in [0.3, 0.4) is 0 Å². The fourth-order valence-corrected chi connectivity index (χ4v) is 3.66. The van der Waals surface area contributed by atoms with E-state index >= 15 is 0 Å². The molecule has 1 aromatic heterocycles. The van der Waals surface area contributed by atoms with Crippen molar-refractivity contribution in [3.63, 3.8) is 0 Å². The minimum Gasteiger partial charge on any atom is -0.497 e. The number of carbonyl (C=O) groups is 1. The number of aliphatic imine (C=N–C) groups is 1. The quantitative estimate of drug-likeness (QED) is 0.284. The van der Waals surface area contributed by atoms with Gasteiger partial charge in [0.25, 0.3) is 5.91 Å². The van der Waals surface area contributed by atoms with Crippen LogP contribution in [0.4, 0.5) is 5.69 Å². The third kappa shape index (κ3) is 5.41. The first-order valence-corrected chi connectivity index (χ1v) is 10.9. The molecule has 0 unspecified atom stereocenters. The Labute approximate surface area is 193 Å². The molecule has 0 saturated carbocycles. The summed E-state index contributed by atoms with van der Waals surface area (Å²) in [5, 5.41) is 7.44. The molecule has 0 bridgehead atoms. The predicted molar refractivity (Wildman–Crippen MR) is 134 cm³/mol. The van der Waals surface area contributed by atoms with Crippen molar-refractivity contribution >= 4 is 28.5 Å². The number of anilines is 1. The number of H-pyrrole nitrogens is 1. The van der Waals surface area contributed by atoms with Gasteiger partial charge >= 0.3 is 0 Å². The molecule has 0 aliphatic rings. The standard InChI is InChI=1S/C27H28N4O2/c1-18-8-9-19(2)25(16-18)30-27(31-26(32)20-10-12-22(33-3)13-11-20)28-15-14-21-17-29-24-7-5-4-6-23(21)24/h4-13,16-17,29H,14-15H2,1-3H3,(H2,28,30,31,32). The zero-order chi connectivity index (χ0) is 23.2. The van der Waals surface area contributed by atoms with E-state index in [0.29, 0.717) is 23.8 Å². The molecule has 4 aromatic rings. The van der Waals surface area contributed by atoms with Crippen LogP contribution in [0.5, 0.6) is 5.75 Å². The summed E-state index contributed by atoms with van der Waals surface area (Å²) in [5.74, 6) is 0.887. The molecule has 0 saturated heterocycles. The Hall–Kier alpha value is -4.06. The number of fused-ring (bicyclic) bond motifs is 1. The van der Waals surface area contributed by atoms with Crippen LogP contribution in [-0.4, -0.2) is 30.5 Å². The van der Waals surface area contributed by atoms with Crippen molar-refractivity contribution in [3.05, 3.63) is 95.2 Å². The Morgan fingerprint density at radius 2 is 1.82 bits per heavy atom. The number of guanidine groups is 1. The highest BCUT2D eigenvalue weighted by Gasteiger charge is 2.11. The van der Waals surface area contributed by atoms with Gasteiger partial charge in [-0.2, -0.15) is 0 Å². The van der Waals surface area contributed by atoms with E-state index in [1.807, 2.05) is 44.3 Å². The van der Waals surface area contributed by atoms with Gasteiger partial charge in [0.1, 0.15) is 5.75 Å². The van der Waals surface area contributed by atoms with Crippen LogP contribution in [0.15, 0.2) is 77.9 Å². The van der Waals surface area contributed by atoms with Crippen molar-refractivity contribution in [2.75, 3.05) is 19.0 Å². The SMILES string of the molecule is COc1ccc(C(=O)NC(=NCCc2c[nH]c3ccccc23)Nc2cc(C)ccc2C)cc1. The number of amides is 1. The first kappa shape index (κ1) is 22.1. The van der Waals surface area contributed by atoms with E-state index in [9.17, 15) is 4.79 Å². The highest BCUT2D eigenvalue weighted by molar-refractivity contribution is 6.10. The average Bonchev–Trinajstić information content (AvgIpc) is 3.24. The molecule has 0 atom stereocenters. The van der Waals surface area contributed by atoms with Crippen molar-refractivity contribution in [1.82, 2.24) is 10.3 Å². The number of aryl methyl sites for hydroxylation is 2. The molecule has 3 N–H and O–H groups in total. The van der Waals surface area contributed by atoms with E-state index < -0.39 is 0 Å². The van der Waals surface area contributed by atoms with Crippen LogP contribution in [0, 0.1) is 13.8 Å². The third-order valence-corrected chi connectivity index (χ3v) is 5.56. The molecule has 0 spiro atoms. The number of aromatic amines is 1. The lowest BCUT2D eigenvalue weighted by Gasteiger charge is -2.14. The number of hydrogen-bond acceptors (Lipinski definition) is 3. The number of benzene rings is 3. The van der Waals surface area contributed by atoms with Gasteiger partial charge in [-0.3, -0.25) is 15.1 Å². The maximum atomic E-state index is 12.9. The van der Waals surface area contributed by atoms with E-state index in [-0.39, 0.29) is 5.91 Å². The summed E-state index contributed by atoms with van der Waals surface area (Å²) in [5.41, 5.74) is 5.95. The molecule has 6 heteroatoms. The molecule has 0 aliphatic carbocycles. The zero-order valence-corrected chi connectivity index (χ0v) is 19.1. The number of para-hydroxylation sites is 1. The second kappa shape index (κ2) is 10.0. The second-order valence-electron chi connectivity index (χ2n) is 7.97. The number of nitrogens with zero attached hydrogens (tertiary/aromatic N) is 1. The molecule has 0 fully saturated rings. The topological polar surface area (TPSA) is 78.5 Å². The first-order chi connectivity index (χ1) is 16.0. The molecule has 3 aromatic carbocycles. The lowest BCUT2D eigenvalue weighted by molar-refractivity contribution is 0.0977. The summed E-state index contributed by atoms with van der Waals surface area (Å²) < 4.78 is 5.18. The van der Waals surface area contributed by atoms with Crippen molar-refractivity contribution in [2.24, 2.45) is 4.99 Å². The molecule has 1 heterocycles. The molecule has 0 aliphatic heterocycles. The van der Waals surface area contributed by atoms with E-state index in [2.05, 4.69) is 33.8 Å². The van der Waals surface area contributed by atoms with Gasteiger partial charge in [-0.1, -0.05) is 30.3 Å². The van der Waals surface area contributed by atoms with Crippen LogP contribution in [-0.2, 0) is 6.42 Å². The largest absolute Gasteiger partial charge is 0.497 e. The lowest BCUT2D eigenvalue weighted by Crippen LogP contribution is -2.36. The summed E-state index contributed by atoms with van der Waals surface area (Å²) in [6, 6.07) is 21.4. The minimum absolute atomic E-state index is 0.235. The van der Waals surface area contributed by atoms with E-state index in [4.69, 9.17) is 9.73 Å². The highest BCUT2D eigenvalue weighted by Crippen LogP contribution is 2.19.